The van der Waals surface area contributed by atoms with Crippen LogP contribution in [0.3, 0.4) is 0 Å². The maximum atomic E-state index is 11.3. The Bertz CT molecular complexity index is 895. The van der Waals surface area contributed by atoms with Crippen molar-refractivity contribution in [3.63, 3.8) is 0 Å². The van der Waals surface area contributed by atoms with E-state index in [2.05, 4.69) is 5.32 Å². The van der Waals surface area contributed by atoms with E-state index in [1.165, 1.54) is 20.8 Å². The quantitative estimate of drug-likeness (QED) is 0.644. The third-order valence-electron chi connectivity index (χ3n) is 3.82. The van der Waals surface area contributed by atoms with Crippen molar-refractivity contribution in [1.82, 2.24) is 0 Å². The fraction of sp³-hybridized carbons (Fsp3) is 0.286. The van der Waals surface area contributed by atoms with Crippen LogP contribution in [0.1, 0.15) is 38.8 Å². The molecule has 0 unspecified atom stereocenters. The number of aryl methyl sites for hydroxylation is 1. The van der Waals surface area contributed by atoms with Crippen LogP contribution in [0.25, 0.3) is 0 Å². The maximum Gasteiger partial charge on any atom is 1.00 e. The smallest absolute Gasteiger partial charge is 0.870 e. The van der Waals surface area contributed by atoms with E-state index in [4.69, 9.17) is 28.3 Å². The predicted molar refractivity (Wildman–Crippen MR) is 118 cm³/mol. The van der Waals surface area contributed by atoms with Crippen LogP contribution < -0.4 is 39.8 Å². The summed E-state index contributed by atoms with van der Waals surface area (Å²) in [5.74, 6) is -0.837. The van der Waals surface area contributed by atoms with E-state index in [1.54, 1.807) is 30.3 Å². The van der Waals surface area contributed by atoms with Gasteiger partial charge in [-0.25, -0.2) is 4.90 Å². The van der Waals surface area contributed by atoms with Crippen LogP contribution in [0.15, 0.2) is 36.4 Å². The molecule has 31 heavy (non-hydrogen) atoms. The van der Waals surface area contributed by atoms with Crippen molar-refractivity contribution in [2.45, 2.75) is 40.7 Å². The number of aliphatic hydroxyl groups excluding tert-OH is 1. The number of imide groups is 1. The van der Waals surface area contributed by atoms with E-state index in [-0.39, 0.29) is 59.4 Å². The van der Waals surface area contributed by atoms with Crippen molar-refractivity contribution in [2.24, 2.45) is 0 Å². The van der Waals surface area contributed by atoms with Gasteiger partial charge in [0.2, 0.25) is 17.7 Å². The number of halogens is 2. The zero-order valence-electron chi connectivity index (χ0n) is 18.2. The molecule has 7 nitrogen and oxygen atoms in total. The molecule has 2 aromatic carbocycles. The van der Waals surface area contributed by atoms with Gasteiger partial charge in [0, 0.05) is 20.8 Å². The van der Waals surface area contributed by atoms with Crippen molar-refractivity contribution in [1.29, 1.82) is 0 Å². The normalized spacial score (nSPS) is 9.26. The van der Waals surface area contributed by atoms with Gasteiger partial charge in [0.1, 0.15) is 0 Å². The molecule has 0 atom stereocenters. The van der Waals surface area contributed by atoms with Crippen LogP contribution in [0.4, 0.5) is 11.4 Å². The summed E-state index contributed by atoms with van der Waals surface area (Å²) in [5.41, 5.74) is 2.80. The van der Waals surface area contributed by atoms with Gasteiger partial charge in [-0.3, -0.25) is 14.4 Å². The molecular formula is C21H25Cl2N2NaO5. The molecule has 0 aromatic heterocycles. The number of anilines is 2. The van der Waals surface area contributed by atoms with E-state index in [0.717, 1.165) is 22.4 Å². The molecule has 164 valence electrons. The van der Waals surface area contributed by atoms with Gasteiger partial charge >= 0.3 is 29.6 Å². The summed E-state index contributed by atoms with van der Waals surface area (Å²) in [5, 5.41) is 12.2. The average Bonchev–Trinajstić information content (AvgIpc) is 2.64. The number of hydrogen-bond acceptors (Lipinski definition) is 5. The molecule has 2 aromatic rings. The number of nitrogens with zero attached hydrogens (tertiary/aromatic N) is 1. The van der Waals surface area contributed by atoms with Crippen LogP contribution in [-0.2, 0) is 27.4 Å². The number of nitrogens with one attached hydrogen (secondary N) is 1. The summed E-state index contributed by atoms with van der Waals surface area (Å²) in [6, 6.07) is 10.3. The minimum atomic E-state index is -0.335. The second-order valence-electron chi connectivity index (χ2n) is 6.17. The van der Waals surface area contributed by atoms with Crippen molar-refractivity contribution >= 4 is 52.3 Å². The molecule has 2 rings (SSSR count). The summed E-state index contributed by atoms with van der Waals surface area (Å²) in [7, 11) is 0. The molecule has 0 spiro atoms. The van der Waals surface area contributed by atoms with Crippen molar-refractivity contribution in [2.75, 3.05) is 10.2 Å². The third kappa shape index (κ3) is 10.1. The Balaban J connectivity index is 0. The third-order valence-corrected chi connectivity index (χ3v) is 4.43. The second kappa shape index (κ2) is 15.4. The van der Waals surface area contributed by atoms with Gasteiger partial charge in [0.25, 0.3) is 0 Å². The van der Waals surface area contributed by atoms with E-state index in [0.29, 0.717) is 21.4 Å². The van der Waals surface area contributed by atoms with Crippen LogP contribution in [-0.4, -0.2) is 28.3 Å². The van der Waals surface area contributed by atoms with E-state index in [9.17, 15) is 14.4 Å². The molecule has 10 heteroatoms. The number of hydrogen-bond donors (Lipinski definition) is 2. The summed E-state index contributed by atoms with van der Waals surface area (Å²) in [6.07, 6.45) is 0.861. The zero-order valence-corrected chi connectivity index (χ0v) is 21.7. The molecule has 0 aliphatic carbocycles. The van der Waals surface area contributed by atoms with Gasteiger partial charge in [0.15, 0.2) is 0 Å². The number of carbonyl (C=O) groups is 3. The second-order valence-corrected chi connectivity index (χ2v) is 6.98. The Morgan fingerprint density at radius 1 is 0.935 bits per heavy atom. The Labute approximate surface area is 214 Å². The predicted octanol–water partition coefficient (Wildman–Crippen LogP) is 1.42. The molecule has 0 aliphatic rings. The largest absolute Gasteiger partial charge is 1.00 e. The minimum absolute atomic E-state index is 0. The summed E-state index contributed by atoms with van der Waals surface area (Å²) >= 11 is 11.9. The van der Waals surface area contributed by atoms with Gasteiger partial charge in [-0.15, -0.1) is 0 Å². The van der Waals surface area contributed by atoms with Gasteiger partial charge in [-0.05, 0) is 41.8 Å². The summed E-state index contributed by atoms with van der Waals surface area (Å²) in [6.45, 7) is 6.05. The fourth-order valence-corrected chi connectivity index (χ4v) is 3.00. The molecule has 0 saturated heterocycles. The standard InChI is InChI=1S/C12H14ClNO2.C9H10ClNO2.Na.H2O/c1-4-10-5-6-12(11(13)7-10)14(8(2)15)9(3)16;1-6(13)11-9-3-2-7(5-12)4-8(9)10;;/h5-7H,4H2,1-3H3;2-4,12H,5H2,1H3,(H,11,13);;1H2/q;;+1;/p-1. The Morgan fingerprint density at radius 2 is 1.45 bits per heavy atom. The molecule has 3 N–H and O–H groups in total. The van der Waals surface area contributed by atoms with Crippen LogP contribution in [0.5, 0.6) is 0 Å². The van der Waals surface area contributed by atoms with Crippen molar-refractivity contribution < 1.29 is 54.5 Å². The molecule has 3 amide bonds. The Hall–Kier alpha value is -1.45. The number of carbonyl (C=O) groups excluding carboxylic acids is 3. The van der Waals surface area contributed by atoms with Gasteiger partial charge in [0.05, 0.1) is 28.0 Å². The summed E-state index contributed by atoms with van der Waals surface area (Å²) in [4.78, 5) is 34.4. The first-order valence-electron chi connectivity index (χ1n) is 8.87. The van der Waals surface area contributed by atoms with E-state index in [1.807, 2.05) is 13.0 Å². The maximum absolute atomic E-state index is 11.3. The number of benzene rings is 2. The first-order valence-corrected chi connectivity index (χ1v) is 9.62. The number of aliphatic hydroxyl groups is 1. The molecule has 0 fully saturated rings. The molecule has 0 saturated carbocycles. The monoisotopic (exact) mass is 478 g/mol. The van der Waals surface area contributed by atoms with Gasteiger partial charge in [-0.2, -0.15) is 0 Å². The van der Waals surface area contributed by atoms with E-state index >= 15 is 0 Å². The first-order chi connectivity index (χ1) is 13.6. The summed E-state index contributed by atoms with van der Waals surface area (Å²) < 4.78 is 0. The average molecular weight is 479 g/mol. The van der Waals surface area contributed by atoms with Crippen molar-refractivity contribution in [3.05, 3.63) is 57.6 Å². The number of amides is 3. The molecular weight excluding hydrogens is 454 g/mol. The fourth-order valence-electron chi connectivity index (χ4n) is 2.46. The van der Waals surface area contributed by atoms with Gasteiger partial charge in [-0.1, -0.05) is 42.3 Å². The zero-order chi connectivity index (χ0) is 22.1. The van der Waals surface area contributed by atoms with Gasteiger partial charge < -0.3 is 15.9 Å². The van der Waals surface area contributed by atoms with Crippen LogP contribution in [0, 0.1) is 0 Å². The first kappa shape index (κ1) is 31.7. The SMILES string of the molecule is CC(=O)Nc1ccc(CO)cc1Cl.CCc1ccc(N(C(C)=O)C(C)=O)c(Cl)c1.[Na+].[OH-]. The molecule has 0 aliphatic heterocycles. The number of rotatable bonds is 4. The van der Waals surface area contributed by atoms with Crippen molar-refractivity contribution in [3.8, 4) is 0 Å². The molecule has 0 heterocycles. The topological polar surface area (TPSA) is 117 Å². The minimum Gasteiger partial charge on any atom is -0.870 e. The molecule has 0 radical (unpaired) electrons. The molecule has 0 bridgehead atoms. The van der Waals surface area contributed by atoms with E-state index < -0.39 is 0 Å². The Kier molecular flexibility index (Phi) is 15.7. The van der Waals surface area contributed by atoms with Crippen LogP contribution >= 0.6 is 23.2 Å². The Morgan fingerprint density at radius 3 is 1.84 bits per heavy atom. The van der Waals surface area contributed by atoms with Crippen LogP contribution in [0.2, 0.25) is 10.0 Å².